The molecule has 29 heavy (non-hydrogen) atoms. The Kier molecular flexibility index (Phi) is 7.19. The average molecular weight is 419 g/mol. The maximum atomic E-state index is 12.3. The molecule has 2 aromatic rings. The summed E-state index contributed by atoms with van der Waals surface area (Å²) in [5.74, 6) is 0.515. The molecule has 0 radical (unpaired) electrons. The predicted octanol–water partition coefficient (Wildman–Crippen LogP) is 2.62. The Morgan fingerprint density at radius 1 is 0.897 bits per heavy atom. The summed E-state index contributed by atoms with van der Waals surface area (Å²) in [7, 11) is 1.63. The van der Waals surface area contributed by atoms with E-state index in [9.17, 15) is 9.59 Å². The number of nitrogens with zero attached hydrogens (tertiary/aromatic N) is 2. The quantitative estimate of drug-likeness (QED) is 0.644. The summed E-state index contributed by atoms with van der Waals surface area (Å²) in [5.41, 5.74) is 1.09. The topological polar surface area (TPSA) is 68.3 Å². The van der Waals surface area contributed by atoms with Gasteiger partial charge in [0.1, 0.15) is 11.5 Å². The number of benzene rings is 2. The zero-order valence-electron chi connectivity index (χ0n) is 16.2. The number of halogens is 1. The Morgan fingerprint density at radius 2 is 1.52 bits per heavy atom. The van der Waals surface area contributed by atoms with Crippen LogP contribution in [0.2, 0.25) is 5.02 Å². The lowest BCUT2D eigenvalue weighted by molar-refractivity contribution is -0.153. The highest BCUT2D eigenvalue weighted by atomic mass is 35.5. The lowest BCUT2D eigenvalue weighted by Gasteiger charge is -2.36. The summed E-state index contributed by atoms with van der Waals surface area (Å²) in [4.78, 5) is 28.0. The number of ether oxygens (including phenoxy) is 3. The summed E-state index contributed by atoms with van der Waals surface area (Å²) < 4.78 is 15.5. The summed E-state index contributed by atoms with van der Waals surface area (Å²) in [5, 5.41) is 0.581. The Hall–Kier alpha value is -2.93. The van der Waals surface area contributed by atoms with E-state index in [4.69, 9.17) is 25.8 Å². The van der Waals surface area contributed by atoms with Crippen molar-refractivity contribution < 1.29 is 23.8 Å². The molecule has 0 saturated carbocycles. The summed E-state index contributed by atoms with van der Waals surface area (Å²) >= 11 is 5.79. The van der Waals surface area contributed by atoms with Crippen LogP contribution in [0.5, 0.6) is 11.5 Å². The lowest BCUT2D eigenvalue weighted by Crippen LogP contribution is -2.50. The van der Waals surface area contributed by atoms with E-state index in [-0.39, 0.29) is 19.1 Å². The van der Waals surface area contributed by atoms with Gasteiger partial charge in [-0.25, -0.2) is 4.79 Å². The molecule has 1 saturated heterocycles. The van der Waals surface area contributed by atoms with Crippen LogP contribution in [0, 0.1) is 0 Å². The molecule has 0 N–H and O–H groups in total. The average Bonchev–Trinajstić information content (AvgIpc) is 2.77. The first-order valence-electron chi connectivity index (χ1n) is 9.26. The molecule has 3 rings (SSSR count). The molecule has 1 aliphatic rings. The zero-order chi connectivity index (χ0) is 20.6. The SMILES string of the molecule is COc1ccc(N2CCN(C(=O)COC(=O)COc3ccc(Cl)cc3)CC2)cc1. The third-order valence-electron chi connectivity index (χ3n) is 4.60. The third-order valence-corrected chi connectivity index (χ3v) is 4.85. The number of hydrogen-bond donors (Lipinski definition) is 0. The largest absolute Gasteiger partial charge is 0.497 e. The Bertz CT molecular complexity index is 818. The molecular formula is C21H23ClN2O5. The molecule has 1 heterocycles. The molecule has 1 fully saturated rings. The maximum absolute atomic E-state index is 12.3. The van der Waals surface area contributed by atoms with Crippen molar-refractivity contribution in [2.75, 3.05) is 51.4 Å². The number of hydrogen-bond acceptors (Lipinski definition) is 6. The molecule has 0 bridgehead atoms. The minimum atomic E-state index is -0.592. The van der Waals surface area contributed by atoms with Gasteiger partial charge in [-0.3, -0.25) is 4.79 Å². The predicted molar refractivity (Wildman–Crippen MR) is 110 cm³/mol. The van der Waals surface area contributed by atoms with Gasteiger partial charge in [-0.15, -0.1) is 0 Å². The van der Waals surface area contributed by atoms with Gasteiger partial charge in [0.15, 0.2) is 13.2 Å². The fourth-order valence-corrected chi connectivity index (χ4v) is 3.08. The first kappa shape index (κ1) is 20.8. The molecule has 0 spiro atoms. The molecule has 0 aliphatic carbocycles. The highest BCUT2D eigenvalue weighted by molar-refractivity contribution is 6.30. The number of carbonyl (C=O) groups excluding carboxylic acids is 2. The Labute approximate surface area is 174 Å². The molecule has 7 nitrogen and oxygen atoms in total. The first-order valence-corrected chi connectivity index (χ1v) is 9.64. The summed E-state index contributed by atoms with van der Waals surface area (Å²) in [6, 6.07) is 14.5. The second-order valence-corrected chi connectivity index (χ2v) is 6.91. The van der Waals surface area contributed by atoms with E-state index in [1.807, 2.05) is 24.3 Å². The van der Waals surface area contributed by atoms with Gasteiger partial charge in [-0.05, 0) is 48.5 Å². The maximum Gasteiger partial charge on any atom is 0.344 e. The van der Waals surface area contributed by atoms with Crippen molar-refractivity contribution in [3.8, 4) is 11.5 Å². The van der Waals surface area contributed by atoms with Crippen molar-refractivity contribution in [2.45, 2.75) is 0 Å². The van der Waals surface area contributed by atoms with Gasteiger partial charge in [-0.1, -0.05) is 11.6 Å². The van der Waals surface area contributed by atoms with Gasteiger partial charge in [0, 0.05) is 36.9 Å². The van der Waals surface area contributed by atoms with E-state index < -0.39 is 5.97 Å². The van der Waals surface area contributed by atoms with E-state index in [0.29, 0.717) is 37.0 Å². The number of methoxy groups -OCH3 is 1. The Balaban J connectivity index is 1.37. The summed E-state index contributed by atoms with van der Waals surface area (Å²) in [6.07, 6.45) is 0. The van der Waals surface area contributed by atoms with E-state index >= 15 is 0 Å². The van der Waals surface area contributed by atoms with E-state index in [2.05, 4.69) is 4.90 Å². The second kappa shape index (κ2) is 10.0. The van der Waals surface area contributed by atoms with E-state index in [1.54, 1.807) is 36.3 Å². The van der Waals surface area contributed by atoms with Crippen LogP contribution in [0.3, 0.4) is 0 Å². The van der Waals surface area contributed by atoms with Crippen molar-refractivity contribution in [1.82, 2.24) is 4.90 Å². The first-order chi connectivity index (χ1) is 14.0. The van der Waals surface area contributed by atoms with Crippen molar-refractivity contribution in [1.29, 1.82) is 0 Å². The smallest absolute Gasteiger partial charge is 0.344 e. The highest BCUT2D eigenvalue weighted by Gasteiger charge is 2.22. The summed E-state index contributed by atoms with van der Waals surface area (Å²) in [6.45, 7) is 2.02. The van der Waals surface area contributed by atoms with Crippen LogP contribution in [0.15, 0.2) is 48.5 Å². The third kappa shape index (κ3) is 6.02. The molecule has 0 atom stereocenters. The van der Waals surface area contributed by atoms with E-state index in [0.717, 1.165) is 11.4 Å². The molecule has 2 aromatic carbocycles. The molecule has 0 aromatic heterocycles. The minimum absolute atomic E-state index is 0.209. The van der Waals surface area contributed by atoms with Gasteiger partial charge in [0.2, 0.25) is 0 Å². The van der Waals surface area contributed by atoms with Gasteiger partial charge in [0.25, 0.3) is 5.91 Å². The van der Waals surface area contributed by atoms with Crippen LogP contribution in [0.25, 0.3) is 0 Å². The standard InChI is InChI=1S/C21H23ClN2O5/c1-27-18-8-4-17(5-9-18)23-10-12-24(13-11-23)20(25)14-29-21(26)15-28-19-6-2-16(22)3-7-19/h2-9H,10-15H2,1H3. The fourth-order valence-electron chi connectivity index (χ4n) is 2.96. The number of anilines is 1. The van der Waals surface area contributed by atoms with Crippen molar-refractivity contribution in [2.24, 2.45) is 0 Å². The number of esters is 1. The number of amides is 1. The molecule has 154 valence electrons. The monoisotopic (exact) mass is 418 g/mol. The minimum Gasteiger partial charge on any atom is -0.497 e. The van der Waals surface area contributed by atoms with Crippen LogP contribution in [-0.2, 0) is 14.3 Å². The van der Waals surface area contributed by atoms with Gasteiger partial charge in [-0.2, -0.15) is 0 Å². The second-order valence-electron chi connectivity index (χ2n) is 6.47. The highest BCUT2D eigenvalue weighted by Crippen LogP contribution is 2.20. The molecule has 0 unspecified atom stereocenters. The Morgan fingerprint density at radius 3 is 2.14 bits per heavy atom. The number of piperazine rings is 1. The lowest BCUT2D eigenvalue weighted by atomic mass is 10.2. The zero-order valence-corrected chi connectivity index (χ0v) is 16.9. The molecule has 8 heteroatoms. The number of carbonyl (C=O) groups is 2. The van der Waals surface area contributed by atoms with E-state index in [1.165, 1.54) is 0 Å². The van der Waals surface area contributed by atoms with Gasteiger partial charge >= 0.3 is 5.97 Å². The van der Waals surface area contributed by atoms with Crippen molar-refractivity contribution >= 4 is 29.2 Å². The van der Waals surface area contributed by atoms with Crippen LogP contribution >= 0.6 is 11.6 Å². The van der Waals surface area contributed by atoms with Crippen LogP contribution in [0.1, 0.15) is 0 Å². The molecule has 1 amide bonds. The van der Waals surface area contributed by atoms with Crippen molar-refractivity contribution in [3.63, 3.8) is 0 Å². The van der Waals surface area contributed by atoms with Crippen LogP contribution in [-0.4, -0.2) is 63.3 Å². The van der Waals surface area contributed by atoms with Gasteiger partial charge < -0.3 is 24.0 Å². The normalized spacial score (nSPS) is 13.7. The fraction of sp³-hybridized carbons (Fsp3) is 0.333. The van der Waals surface area contributed by atoms with Crippen LogP contribution in [0.4, 0.5) is 5.69 Å². The molecule has 1 aliphatic heterocycles. The van der Waals surface area contributed by atoms with Crippen molar-refractivity contribution in [3.05, 3.63) is 53.6 Å². The molecular weight excluding hydrogens is 396 g/mol. The van der Waals surface area contributed by atoms with Crippen LogP contribution < -0.4 is 14.4 Å². The van der Waals surface area contributed by atoms with Gasteiger partial charge in [0.05, 0.1) is 7.11 Å². The number of rotatable bonds is 7.